The number of rotatable bonds is 2. The highest BCUT2D eigenvalue weighted by Gasteiger charge is 2.09. The summed E-state index contributed by atoms with van der Waals surface area (Å²) in [5, 5.41) is 2.61. The van der Waals surface area contributed by atoms with Crippen molar-refractivity contribution < 1.29 is 13.2 Å². The fourth-order valence-corrected chi connectivity index (χ4v) is 0.928. The number of hydrogen-bond acceptors (Lipinski definition) is 1. The van der Waals surface area contributed by atoms with Gasteiger partial charge in [0.2, 0.25) is 0 Å². The van der Waals surface area contributed by atoms with E-state index in [1.165, 1.54) is 0 Å². The second-order valence-corrected chi connectivity index (χ2v) is 2.39. The Bertz CT molecular complexity index is 291. The molecule has 1 aromatic rings. The molecule has 0 aromatic heterocycles. The van der Waals surface area contributed by atoms with Crippen LogP contribution in [0.15, 0.2) is 12.1 Å². The lowest BCUT2D eigenvalue weighted by atomic mass is 10.2. The summed E-state index contributed by atoms with van der Waals surface area (Å²) in [6.45, 7) is 0.112. The summed E-state index contributed by atoms with van der Waals surface area (Å²) in [6, 6.07) is 1.49. The third kappa shape index (κ3) is 2.90. The van der Waals surface area contributed by atoms with E-state index in [0.29, 0.717) is 6.07 Å². The van der Waals surface area contributed by atoms with Crippen LogP contribution in [-0.4, -0.2) is 7.05 Å². The minimum atomic E-state index is -1.15. The Kier molecular flexibility index (Phi) is 4.80. The van der Waals surface area contributed by atoms with Crippen molar-refractivity contribution in [2.24, 2.45) is 0 Å². The molecule has 0 aliphatic carbocycles. The van der Waals surface area contributed by atoms with E-state index in [-0.39, 0.29) is 24.5 Å². The topological polar surface area (TPSA) is 12.0 Å². The fraction of sp³-hybridized carbons (Fsp3) is 0.250. The van der Waals surface area contributed by atoms with Crippen LogP contribution in [0.5, 0.6) is 0 Å². The molecule has 0 radical (unpaired) electrons. The maximum atomic E-state index is 12.8. The van der Waals surface area contributed by atoms with Crippen LogP contribution in [0.1, 0.15) is 5.56 Å². The van der Waals surface area contributed by atoms with Crippen LogP contribution in [0.3, 0.4) is 0 Å². The van der Waals surface area contributed by atoms with E-state index in [1.54, 1.807) is 7.05 Å². The molecule has 1 rings (SSSR count). The highest BCUT2D eigenvalue weighted by atomic mass is 35.5. The Morgan fingerprint density at radius 3 is 2.38 bits per heavy atom. The van der Waals surface area contributed by atoms with Crippen molar-refractivity contribution in [3.8, 4) is 0 Å². The van der Waals surface area contributed by atoms with Gasteiger partial charge < -0.3 is 5.32 Å². The van der Waals surface area contributed by atoms with Crippen LogP contribution < -0.4 is 5.32 Å². The molecule has 1 nitrogen and oxygen atoms in total. The first kappa shape index (κ1) is 12.3. The predicted octanol–water partition coefficient (Wildman–Crippen LogP) is 2.25. The van der Waals surface area contributed by atoms with Gasteiger partial charge in [0.05, 0.1) is 0 Å². The molecule has 0 spiro atoms. The number of halogens is 4. The van der Waals surface area contributed by atoms with Crippen molar-refractivity contribution in [3.05, 3.63) is 35.1 Å². The van der Waals surface area contributed by atoms with E-state index >= 15 is 0 Å². The van der Waals surface area contributed by atoms with Gasteiger partial charge in [-0.25, -0.2) is 13.2 Å². The third-order valence-corrected chi connectivity index (χ3v) is 1.44. The second-order valence-electron chi connectivity index (χ2n) is 2.39. The van der Waals surface area contributed by atoms with Crippen LogP contribution >= 0.6 is 12.4 Å². The van der Waals surface area contributed by atoms with Gasteiger partial charge in [0.25, 0.3) is 0 Å². The van der Waals surface area contributed by atoms with Crippen LogP contribution in [0.4, 0.5) is 13.2 Å². The highest BCUT2D eigenvalue weighted by molar-refractivity contribution is 5.85. The van der Waals surface area contributed by atoms with Crippen LogP contribution in [0, 0.1) is 17.5 Å². The molecule has 0 bridgehead atoms. The smallest absolute Gasteiger partial charge is 0.163 e. The fourth-order valence-electron chi connectivity index (χ4n) is 0.928. The van der Waals surface area contributed by atoms with Gasteiger partial charge in [-0.15, -0.1) is 12.4 Å². The predicted molar refractivity (Wildman–Crippen MR) is 46.3 cm³/mol. The summed E-state index contributed by atoms with van der Waals surface area (Å²) in [7, 11) is 1.57. The molecular weight excluding hydrogens is 203 g/mol. The van der Waals surface area contributed by atoms with E-state index in [2.05, 4.69) is 5.32 Å². The van der Waals surface area contributed by atoms with Gasteiger partial charge in [-0.1, -0.05) is 0 Å². The molecule has 0 atom stereocenters. The van der Waals surface area contributed by atoms with Crippen molar-refractivity contribution >= 4 is 12.4 Å². The van der Waals surface area contributed by atoms with Gasteiger partial charge in [0.15, 0.2) is 11.6 Å². The minimum absolute atomic E-state index is 0. The molecule has 0 amide bonds. The molecule has 5 heteroatoms. The number of nitrogens with one attached hydrogen (secondary N) is 1. The average Bonchev–Trinajstić information content (AvgIpc) is 2.00. The molecule has 0 saturated heterocycles. The van der Waals surface area contributed by atoms with E-state index < -0.39 is 17.5 Å². The molecular formula is C8H9ClF3N. The molecule has 0 aliphatic heterocycles. The first-order valence-corrected chi connectivity index (χ1v) is 3.43. The van der Waals surface area contributed by atoms with E-state index in [4.69, 9.17) is 0 Å². The first-order valence-electron chi connectivity index (χ1n) is 3.43. The largest absolute Gasteiger partial charge is 0.316 e. The van der Waals surface area contributed by atoms with Gasteiger partial charge in [0, 0.05) is 18.2 Å². The summed E-state index contributed by atoms with van der Waals surface area (Å²) in [5.74, 6) is -2.91. The van der Waals surface area contributed by atoms with E-state index in [1.807, 2.05) is 0 Å². The lowest BCUT2D eigenvalue weighted by Gasteiger charge is -2.02. The monoisotopic (exact) mass is 211 g/mol. The zero-order valence-electron chi connectivity index (χ0n) is 6.90. The zero-order chi connectivity index (χ0) is 9.14. The van der Waals surface area contributed by atoms with Crippen molar-refractivity contribution in [2.75, 3.05) is 7.05 Å². The van der Waals surface area contributed by atoms with Gasteiger partial charge in [-0.3, -0.25) is 0 Å². The molecule has 0 aliphatic rings. The zero-order valence-corrected chi connectivity index (χ0v) is 7.72. The highest BCUT2D eigenvalue weighted by Crippen LogP contribution is 2.13. The summed E-state index contributed by atoms with van der Waals surface area (Å²) in [6.07, 6.45) is 0. The molecule has 0 fully saturated rings. The van der Waals surface area contributed by atoms with Crippen LogP contribution in [0.2, 0.25) is 0 Å². The quantitative estimate of drug-likeness (QED) is 0.740. The van der Waals surface area contributed by atoms with E-state index in [0.717, 1.165) is 6.07 Å². The van der Waals surface area contributed by atoms with Crippen molar-refractivity contribution in [2.45, 2.75) is 6.54 Å². The van der Waals surface area contributed by atoms with Gasteiger partial charge in [-0.05, 0) is 13.1 Å². The average molecular weight is 212 g/mol. The molecule has 13 heavy (non-hydrogen) atoms. The summed E-state index contributed by atoms with van der Waals surface area (Å²) in [4.78, 5) is 0. The Morgan fingerprint density at radius 2 is 1.85 bits per heavy atom. The summed E-state index contributed by atoms with van der Waals surface area (Å²) in [5.41, 5.74) is -0.00463. The van der Waals surface area contributed by atoms with E-state index in [9.17, 15) is 13.2 Å². The normalized spacial score (nSPS) is 9.54. The van der Waals surface area contributed by atoms with Crippen LogP contribution in [0.25, 0.3) is 0 Å². The second kappa shape index (κ2) is 5.09. The Labute approximate surface area is 80.4 Å². The molecule has 74 valence electrons. The maximum absolute atomic E-state index is 12.8. The maximum Gasteiger partial charge on any atom is 0.163 e. The van der Waals surface area contributed by atoms with Gasteiger partial charge >= 0.3 is 0 Å². The molecule has 0 saturated carbocycles. The molecule has 0 heterocycles. The molecule has 1 N–H and O–H groups in total. The SMILES string of the molecule is CNCc1cc(F)cc(F)c1F.Cl. The van der Waals surface area contributed by atoms with Gasteiger partial charge in [-0.2, -0.15) is 0 Å². The third-order valence-electron chi connectivity index (χ3n) is 1.44. The van der Waals surface area contributed by atoms with Crippen molar-refractivity contribution in [1.82, 2.24) is 5.32 Å². The lowest BCUT2D eigenvalue weighted by molar-refractivity contribution is 0.482. The summed E-state index contributed by atoms with van der Waals surface area (Å²) >= 11 is 0. The van der Waals surface area contributed by atoms with Crippen molar-refractivity contribution in [1.29, 1.82) is 0 Å². The standard InChI is InChI=1S/C8H8F3N.ClH/c1-12-4-5-2-6(9)3-7(10)8(5)11;/h2-3,12H,4H2,1H3;1H. The lowest BCUT2D eigenvalue weighted by Crippen LogP contribution is -2.08. The van der Waals surface area contributed by atoms with Gasteiger partial charge in [0.1, 0.15) is 5.82 Å². The summed E-state index contributed by atoms with van der Waals surface area (Å²) < 4.78 is 37.8. The Morgan fingerprint density at radius 1 is 1.23 bits per heavy atom. The molecule has 1 aromatic carbocycles. The minimum Gasteiger partial charge on any atom is -0.316 e. The van der Waals surface area contributed by atoms with Crippen LogP contribution in [-0.2, 0) is 6.54 Å². The number of benzene rings is 1. The first-order chi connectivity index (χ1) is 5.65. The van der Waals surface area contributed by atoms with Crippen molar-refractivity contribution in [3.63, 3.8) is 0 Å². The number of hydrogen-bond donors (Lipinski definition) is 1. The molecule has 0 unspecified atom stereocenters. The Balaban J connectivity index is 0.00000144. The Hall–Kier alpha value is -0.740.